The standard InChI is InChI=1S/C17H18N2O3S/c20-16(13-4-1-2-6-15(13)23)18-12-7-9-19(10-8-12)17(21)14-5-3-11-22-14/h1-6,11-12,23H,7-10H2,(H,18,20). The predicted octanol–water partition coefficient (Wildman–Crippen LogP) is 2.60. The van der Waals surface area contributed by atoms with Gasteiger partial charge < -0.3 is 14.6 Å². The summed E-state index contributed by atoms with van der Waals surface area (Å²) >= 11 is 4.31. The van der Waals surface area contributed by atoms with Crippen LogP contribution < -0.4 is 5.32 Å². The molecule has 1 fully saturated rings. The first-order chi connectivity index (χ1) is 11.1. The van der Waals surface area contributed by atoms with Crippen LogP contribution >= 0.6 is 12.6 Å². The molecule has 0 saturated carbocycles. The number of rotatable bonds is 3. The van der Waals surface area contributed by atoms with Crippen molar-refractivity contribution in [1.82, 2.24) is 10.2 Å². The van der Waals surface area contributed by atoms with Gasteiger partial charge in [0.05, 0.1) is 11.8 Å². The molecule has 5 nitrogen and oxygen atoms in total. The molecule has 23 heavy (non-hydrogen) atoms. The summed E-state index contributed by atoms with van der Waals surface area (Å²) in [7, 11) is 0. The maximum absolute atomic E-state index is 12.3. The van der Waals surface area contributed by atoms with Crippen LogP contribution in [0.25, 0.3) is 0 Å². The number of carbonyl (C=O) groups is 2. The number of amides is 2. The Labute approximate surface area is 140 Å². The smallest absolute Gasteiger partial charge is 0.289 e. The molecule has 1 aromatic heterocycles. The molecule has 1 N–H and O–H groups in total. The van der Waals surface area contributed by atoms with Crippen molar-refractivity contribution < 1.29 is 14.0 Å². The highest BCUT2D eigenvalue weighted by atomic mass is 32.1. The molecule has 2 amide bonds. The number of hydrogen-bond donors (Lipinski definition) is 2. The summed E-state index contributed by atoms with van der Waals surface area (Å²) in [5, 5.41) is 3.02. The Morgan fingerprint density at radius 2 is 1.87 bits per heavy atom. The molecular formula is C17H18N2O3S. The highest BCUT2D eigenvalue weighted by molar-refractivity contribution is 7.80. The van der Waals surface area contributed by atoms with E-state index in [1.165, 1.54) is 6.26 Å². The molecule has 0 unspecified atom stereocenters. The van der Waals surface area contributed by atoms with Crippen LogP contribution in [0.1, 0.15) is 33.8 Å². The number of thiol groups is 1. The minimum Gasteiger partial charge on any atom is -0.459 e. The molecule has 6 heteroatoms. The van der Waals surface area contributed by atoms with E-state index in [1.54, 1.807) is 29.2 Å². The zero-order valence-corrected chi connectivity index (χ0v) is 13.5. The summed E-state index contributed by atoms with van der Waals surface area (Å²) in [4.78, 5) is 26.9. The molecule has 2 heterocycles. The van der Waals surface area contributed by atoms with Crippen LogP contribution in [0.4, 0.5) is 0 Å². The normalized spacial score (nSPS) is 15.4. The minimum atomic E-state index is -0.119. The lowest BCUT2D eigenvalue weighted by Gasteiger charge is -2.32. The highest BCUT2D eigenvalue weighted by Crippen LogP contribution is 2.17. The molecule has 1 aliphatic heterocycles. The highest BCUT2D eigenvalue weighted by Gasteiger charge is 2.26. The largest absolute Gasteiger partial charge is 0.459 e. The number of benzene rings is 1. The van der Waals surface area contributed by atoms with E-state index in [0.717, 1.165) is 12.8 Å². The van der Waals surface area contributed by atoms with Crippen LogP contribution in [0, 0.1) is 0 Å². The second-order valence-electron chi connectivity index (χ2n) is 5.53. The molecule has 1 aromatic carbocycles. The summed E-state index contributed by atoms with van der Waals surface area (Å²) in [6.45, 7) is 1.21. The second-order valence-corrected chi connectivity index (χ2v) is 6.02. The lowest BCUT2D eigenvalue weighted by molar-refractivity contribution is 0.0667. The van der Waals surface area contributed by atoms with Gasteiger partial charge in [-0.2, -0.15) is 0 Å². The quantitative estimate of drug-likeness (QED) is 0.851. The third-order valence-electron chi connectivity index (χ3n) is 4.00. The molecule has 1 aliphatic rings. The maximum atomic E-state index is 12.3. The third kappa shape index (κ3) is 3.59. The Hall–Kier alpha value is -2.21. The summed E-state index contributed by atoms with van der Waals surface area (Å²) in [5.41, 5.74) is 0.574. The summed E-state index contributed by atoms with van der Waals surface area (Å²) < 4.78 is 5.14. The Kier molecular flexibility index (Phi) is 4.71. The number of carbonyl (C=O) groups excluding carboxylic acids is 2. The number of nitrogens with one attached hydrogen (secondary N) is 1. The maximum Gasteiger partial charge on any atom is 0.289 e. The molecule has 1 saturated heterocycles. The molecule has 2 aromatic rings. The van der Waals surface area contributed by atoms with Crippen LogP contribution in [0.15, 0.2) is 52.0 Å². The molecule has 120 valence electrons. The molecule has 0 aliphatic carbocycles. The van der Waals surface area contributed by atoms with Crippen molar-refractivity contribution in [3.63, 3.8) is 0 Å². The fraction of sp³-hybridized carbons (Fsp3) is 0.294. The minimum absolute atomic E-state index is 0.0658. The average Bonchev–Trinajstić information content (AvgIpc) is 3.09. The van der Waals surface area contributed by atoms with Crippen molar-refractivity contribution >= 4 is 24.4 Å². The van der Waals surface area contributed by atoms with E-state index in [1.807, 2.05) is 12.1 Å². The Morgan fingerprint density at radius 1 is 1.13 bits per heavy atom. The molecule has 0 radical (unpaired) electrons. The number of furan rings is 1. The van der Waals surface area contributed by atoms with Gasteiger partial charge in [0, 0.05) is 24.0 Å². The van der Waals surface area contributed by atoms with Gasteiger partial charge in [0.2, 0.25) is 0 Å². The van der Waals surface area contributed by atoms with E-state index in [-0.39, 0.29) is 17.9 Å². The zero-order chi connectivity index (χ0) is 16.2. The van der Waals surface area contributed by atoms with Gasteiger partial charge in [-0.05, 0) is 37.1 Å². The number of nitrogens with zero attached hydrogens (tertiary/aromatic N) is 1. The van der Waals surface area contributed by atoms with Crippen LogP contribution in [0.3, 0.4) is 0 Å². The van der Waals surface area contributed by atoms with Gasteiger partial charge >= 0.3 is 0 Å². The summed E-state index contributed by atoms with van der Waals surface area (Å²) in [5.74, 6) is 0.142. The van der Waals surface area contributed by atoms with Crippen LogP contribution in [-0.4, -0.2) is 35.8 Å². The van der Waals surface area contributed by atoms with Crippen LogP contribution in [0.5, 0.6) is 0 Å². The lowest BCUT2D eigenvalue weighted by Crippen LogP contribution is -2.46. The first-order valence-corrected chi connectivity index (χ1v) is 8.01. The van der Waals surface area contributed by atoms with E-state index in [0.29, 0.717) is 29.3 Å². The first-order valence-electron chi connectivity index (χ1n) is 7.57. The van der Waals surface area contributed by atoms with Crippen molar-refractivity contribution in [1.29, 1.82) is 0 Å². The number of likely N-dealkylation sites (tertiary alicyclic amines) is 1. The van der Waals surface area contributed by atoms with E-state index in [2.05, 4.69) is 17.9 Å². The van der Waals surface area contributed by atoms with E-state index in [4.69, 9.17) is 4.42 Å². The number of piperidine rings is 1. The molecular weight excluding hydrogens is 312 g/mol. The second kappa shape index (κ2) is 6.91. The van der Waals surface area contributed by atoms with Gasteiger partial charge in [-0.15, -0.1) is 12.6 Å². The van der Waals surface area contributed by atoms with Crippen LogP contribution in [0.2, 0.25) is 0 Å². The van der Waals surface area contributed by atoms with Gasteiger partial charge in [-0.25, -0.2) is 0 Å². The third-order valence-corrected chi connectivity index (χ3v) is 4.39. The molecule has 0 spiro atoms. The SMILES string of the molecule is O=C(NC1CCN(C(=O)c2ccco2)CC1)c1ccccc1S. The van der Waals surface area contributed by atoms with Gasteiger partial charge in [0.25, 0.3) is 11.8 Å². The van der Waals surface area contributed by atoms with E-state index < -0.39 is 0 Å². The Balaban J connectivity index is 1.54. The Morgan fingerprint density at radius 3 is 2.52 bits per heavy atom. The van der Waals surface area contributed by atoms with Crippen molar-refractivity contribution in [3.8, 4) is 0 Å². The zero-order valence-electron chi connectivity index (χ0n) is 12.6. The van der Waals surface area contributed by atoms with Crippen molar-refractivity contribution in [2.24, 2.45) is 0 Å². The number of hydrogen-bond acceptors (Lipinski definition) is 4. The first kappa shape index (κ1) is 15.7. The van der Waals surface area contributed by atoms with Gasteiger partial charge in [-0.1, -0.05) is 12.1 Å². The predicted molar refractivity (Wildman–Crippen MR) is 88.8 cm³/mol. The van der Waals surface area contributed by atoms with Gasteiger partial charge in [0.1, 0.15) is 0 Å². The molecule has 3 rings (SSSR count). The molecule has 0 atom stereocenters. The lowest BCUT2D eigenvalue weighted by atomic mass is 10.0. The monoisotopic (exact) mass is 330 g/mol. The van der Waals surface area contributed by atoms with Crippen LogP contribution in [-0.2, 0) is 0 Å². The fourth-order valence-electron chi connectivity index (χ4n) is 2.71. The van der Waals surface area contributed by atoms with E-state index in [9.17, 15) is 9.59 Å². The average molecular weight is 330 g/mol. The van der Waals surface area contributed by atoms with Crippen molar-refractivity contribution in [2.75, 3.05) is 13.1 Å². The molecule has 0 bridgehead atoms. The van der Waals surface area contributed by atoms with Gasteiger partial charge in [-0.3, -0.25) is 9.59 Å². The fourth-order valence-corrected chi connectivity index (χ4v) is 2.97. The van der Waals surface area contributed by atoms with Crippen molar-refractivity contribution in [3.05, 3.63) is 54.0 Å². The topological polar surface area (TPSA) is 62.6 Å². The van der Waals surface area contributed by atoms with Crippen molar-refractivity contribution in [2.45, 2.75) is 23.8 Å². The van der Waals surface area contributed by atoms with Gasteiger partial charge in [0.15, 0.2) is 5.76 Å². The van der Waals surface area contributed by atoms with E-state index >= 15 is 0 Å². The summed E-state index contributed by atoms with van der Waals surface area (Å²) in [6.07, 6.45) is 2.95. The summed E-state index contributed by atoms with van der Waals surface area (Å²) in [6, 6.07) is 10.7. The Bertz CT molecular complexity index is 692.